The first-order valence-electron chi connectivity index (χ1n) is 22.7. The van der Waals surface area contributed by atoms with Gasteiger partial charge in [-0.3, -0.25) is 9.59 Å². The van der Waals surface area contributed by atoms with Crippen LogP contribution in [0.15, 0.2) is 85.1 Å². The van der Waals surface area contributed by atoms with Crippen LogP contribution in [0.4, 0.5) is 0 Å². The van der Waals surface area contributed by atoms with E-state index in [0.717, 1.165) is 44.9 Å². The molecular formula is C50H83NO7. The quantitative estimate of drug-likeness (QED) is 0.0264. The van der Waals surface area contributed by atoms with E-state index in [1.54, 1.807) is 21.1 Å². The zero-order chi connectivity index (χ0) is 42.8. The van der Waals surface area contributed by atoms with E-state index in [1.165, 1.54) is 77.0 Å². The molecule has 0 aromatic rings. The van der Waals surface area contributed by atoms with Gasteiger partial charge < -0.3 is 28.6 Å². The van der Waals surface area contributed by atoms with Gasteiger partial charge in [0, 0.05) is 19.3 Å². The van der Waals surface area contributed by atoms with Crippen LogP contribution in [0.3, 0.4) is 0 Å². The predicted octanol–water partition coefficient (Wildman–Crippen LogP) is 11.2. The van der Waals surface area contributed by atoms with Crippen molar-refractivity contribution in [1.82, 2.24) is 0 Å². The maximum absolute atomic E-state index is 12.7. The number of carboxylic acid groups (broad SMARTS) is 1. The van der Waals surface area contributed by atoms with Crippen molar-refractivity contribution in [3.63, 3.8) is 0 Å². The summed E-state index contributed by atoms with van der Waals surface area (Å²) in [6.45, 7) is 4.43. The van der Waals surface area contributed by atoms with Crippen molar-refractivity contribution in [3.05, 3.63) is 85.1 Å². The van der Waals surface area contributed by atoms with E-state index in [-0.39, 0.29) is 49.1 Å². The Balaban J connectivity index is 4.39. The predicted molar refractivity (Wildman–Crippen MR) is 240 cm³/mol. The number of nitrogens with zero attached hydrogens (tertiary/aromatic N) is 1. The highest BCUT2D eigenvalue weighted by Crippen LogP contribution is 2.14. The second kappa shape index (κ2) is 40.3. The van der Waals surface area contributed by atoms with Crippen LogP contribution < -0.4 is 5.11 Å². The standard InChI is InChI=1S/C50H83NO7/c1-6-8-10-12-14-16-18-20-22-23-24-25-27-28-30-32-34-36-38-40-48(52)57-45-46(44-56-43-42-47(50(54)55)51(3,4)5)58-49(53)41-39-37-35-33-31-29-26-21-19-17-15-13-11-9-7-2/h9,11,13-21,26,29,31,46-47H,6-8,10,12,22-25,27-28,30,32-45H2,1-5H3/b11-9+,15-13+,16-14+,19-17+,20-18+,26-21+,31-29+. The number of carbonyl (C=O) groups excluding carboxylic acids is 3. The van der Waals surface area contributed by atoms with Crippen molar-refractivity contribution in [3.8, 4) is 0 Å². The highest BCUT2D eigenvalue weighted by atomic mass is 16.6. The molecule has 0 aliphatic carbocycles. The molecule has 330 valence electrons. The minimum Gasteiger partial charge on any atom is -0.544 e. The van der Waals surface area contributed by atoms with Gasteiger partial charge in [0.15, 0.2) is 6.10 Å². The molecule has 0 amide bonds. The molecule has 0 aromatic carbocycles. The van der Waals surface area contributed by atoms with E-state index >= 15 is 0 Å². The Hall–Kier alpha value is -3.49. The monoisotopic (exact) mass is 810 g/mol. The topological polar surface area (TPSA) is 102 Å². The Morgan fingerprint density at radius 3 is 1.47 bits per heavy atom. The van der Waals surface area contributed by atoms with Crippen molar-refractivity contribution < 1.29 is 38.2 Å². The summed E-state index contributed by atoms with van der Waals surface area (Å²) in [4.78, 5) is 36.9. The number of carbonyl (C=O) groups is 3. The second-order valence-electron chi connectivity index (χ2n) is 16.1. The van der Waals surface area contributed by atoms with Crippen LogP contribution in [-0.4, -0.2) is 75.5 Å². The van der Waals surface area contributed by atoms with Gasteiger partial charge in [-0.15, -0.1) is 0 Å². The molecule has 0 aliphatic heterocycles. The van der Waals surface area contributed by atoms with Gasteiger partial charge in [0.25, 0.3) is 0 Å². The number of esters is 2. The largest absolute Gasteiger partial charge is 0.544 e. The lowest BCUT2D eigenvalue weighted by Gasteiger charge is -2.34. The lowest BCUT2D eigenvalue weighted by molar-refractivity contribution is -0.889. The van der Waals surface area contributed by atoms with Crippen LogP contribution in [0.25, 0.3) is 0 Å². The first-order valence-corrected chi connectivity index (χ1v) is 22.7. The number of carboxylic acids is 1. The molecule has 0 heterocycles. The molecule has 8 nitrogen and oxygen atoms in total. The fourth-order valence-corrected chi connectivity index (χ4v) is 6.14. The SMILES string of the molecule is CC/C=C/C=C/C=C/C=C/C=C/CCCCCC(=O)OC(COCCC(C(=O)[O-])[N+](C)(C)C)COC(=O)CCCCCCCCCCCC/C=C/C=C/CCCCC. The number of hydrogen-bond donors (Lipinski definition) is 0. The smallest absolute Gasteiger partial charge is 0.306 e. The van der Waals surface area contributed by atoms with Gasteiger partial charge in [-0.05, 0) is 57.8 Å². The summed E-state index contributed by atoms with van der Waals surface area (Å²) in [7, 11) is 5.38. The lowest BCUT2D eigenvalue weighted by atomic mass is 10.1. The Kier molecular flexibility index (Phi) is 37.9. The van der Waals surface area contributed by atoms with E-state index in [1.807, 2.05) is 48.6 Å². The molecule has 2 unspecified atom stereocenters. The van der Waals surface area contributed by atoms with Crippen LogP contribution >= 0.6 is 0 Å². The molecule has 0 saturated heterocycles. The lowest BCUT2D eigenvalue weighted by Crippen LogP contribution is -2.55. The minimum absolute atomic E-state index is 0.0174. The molecule has 0 aliphatic rings. The molecule has 0 rings (SSSR count). The van der Waals surface area contributed by atoms with Crippen molar-refractivity contribution in [2.75, 3.05) is 41.0 Å². The van der Waals surface area contributed by atoms with Crippen molar-refractivity contribution >= 4 is 17.9 Å². The average molecular weight is 810 g/mol. The van der Waals surface area contributed by atoms with Crippen LogP contribution in [-0.2, 0) is 28.6 Å². The Labute approximate surface area is 354 Å². The van der Waals surface area contributed by atoms with Crippen LogP contribution in [0.2, 0.25) is 0 Å². The minimum atomic E-state index is -1.14. The van der Waals surface area contributed by atoms with Crippen LogP contribution in [0.1, 0.15) is 162 Å². The maximum atomic E-state index is 12.7. The fourth-order valence-electron chi connectivity index (χ4n) is 6.14. The first kappa shape index (κ1) is 54.5. The number of ether oxygens (including phenoxy) is 3. The number of rotatable bonds is 39. The highest BCUT2D eigenvalue weighted by Gasteiger charge is 2.25. The first-order chi connectivity index (χ1) is 28.1. The molecule has 0 aromatic heterocycles. The summed E-state index contributed by atoms with van der Waals surface area (Å²) < 4.78 is 17.1. The summed E-state index contributed by atoms with van der Waals surface area (Å²) in [5.41, 5.74) is 0. The molecule has 58 heavy (non-hydrogen) atoms. The fraction of sp³-hybridized carbons (Fsp3) is 0.660. The molecule has 0 bridgehead atoms. The number of aliphatic carboxylic acids is 1. The zero-order valence-electron chi connectivity index (χ0n) is 37.4. The molecule has 0 fully saturated rings. The third kappa shape index (κ3) is 38.1. The highest BCUT2D eigenvalue weighted by molar-refractivity contribution is 5.70. The van der Waals surface area contributed by atoms with Crippen LogP contribution in [0.5, 0.6) is 0 Å². The summed E-state index contributed by atoms with van der Waals surface area (Å²) in [5, 5.41) is 11.6. The number of likely N-dealkylation sites (N-methyl/N-ethyl adjacent to an activating group) is 1. The molecular weight excluding hydrogens is 727 g/mol. The number of unbranched alkanes of at least 4 members (excludes halogenated alkanes) is 16. The van der Waals surface area contributed by atoms with Gasteiger partial charge in [0.2, 0.25) is 0 Å². The Morgan fingerprint density at radius 1 is 0.534 bits per heavy atom. The van der Waals surface area contributed by atoms with Gasteiger partial charge in [-0.1, -0.05) is 170 Å². The van der Waals surface area contributed by atoms with Crippen molar-refractivity contribution in [2.45, 2.75) is 174 Å². The van der Waals surface area contributed by atoms with E-state index in [4.69, 9.17) is 14.2 Å². The van der Waals surface area contributed by atoms with E-state index in [0.29, 0.717) is 12.8 Å². The van der Waals surface area contributed by atoms with Crippen molar-refractivity contribution in [2.24, 2.45) is 0 Å². The second-order valence-corrected chi connectivity index (χ2v) is 16.1. The van der Waals surface area contributed by atoms with Gasteiger partial charge in [0.1, 0.15) is 12.6 Å². The molecule has 0 spiro atoms. The van der Waals surface area contributed by atoms with E-state index in [2.05, 4.69) is 50.3 Å². The third-order valence-corrected chi connectivity index (χ3v) is 9.67. The summed E-state index contributed by atoms with van der Waals surface area (Å²) >= 11 is 0. The number of allylic oxidation sites excluding steroid dienone is 14. The number of hydrogen-bond acceptors (Lipinski definition) is 7. The van der Waals surface area contributed by atoms with E-state index < -0.39 is 18.1 Å². The molecule has 2 atom stereocenters. The molecule has 0 radical (unpaired) electrons. The van der Waals surface area contributed by atoms with Crippen molar-refractivity contribution in [1.29, 1.82) is 0 Å². The normalized spacial score (nSPS) is 13.7. The van der Waals surface area contributed by atoms with Gasteiger partial charge in [-0.25, -0.2) is 0 Å². The Morgan fingerprint density at radius 2 is 0.966 bits per heavy atom. The zero-order valence-corrected chi connectivity index (χ0v) is 37.4. The van der Waals surface area contributed by atoms with Gasteiger partial charge in [-0.2, -0.15) is 0 Å². The van der Waals surface area contributed by atoms with Gasteiger partial charge >= 0.3 is 11.9 Å². The molecule has 0 saturated carbocycles. The summed E-state index contributed by atoms with van der Waals surface area (Å²) in [5.74, 6) is -1.80. The maximum Gasteiger partial charge on any atom is 0.306 e. The average Bonchev–Trinajstić information content (AvgIpc) is 3.18. The molecule has 0 N–H and O–H groups in total. The number of quaternary nitrogens is 1. The third-order valence-electron chi connectivity index (χ3n) is 9.67. The summed E-state index contributed by atoms with van der Waals surface area (Å²) in [6.07, 6.45) is 51.8. The van der Waals surface area contributed by atoms with E-state index in [9.17, 15) is 19.5 Å². The van der Waals surface area contributed by atoms with Gasteiger partial charge in [0.05, 0.1) is 40.3 Å². The molecule has 8 heteroatoms. The van der Waals surface area contributed by atoms with Crippen LogP contribution in [0, 0.1) is 0 Å². The summed E-state index contributed by atoms with van der Waals surface area (Å²) in [6, 6.07) is -0.739. The Bertz CT molecular complexity index is 1220.